The Kier molecular flexibility index (Phi) is 3.99. The molecule has 0 spiro atoms. The Balaban J connectivity index is 1.86. The van der Waals surface area contributed by atoms with E-state index in [-0.39, 0.29) is 5.56 Å². The minimum Gasteiger partial charge on any atom is -0.478 e. The van der Waals surface area contributed by atoms with Gasteiger partial charge in [-0.2, -0.15) is 0 Å². The van der Waals surface area contributed by atoms with E-state index in [0.29, 0.717) is 29.5 Å². The molecular formula is C15H23NO3. The first-order valence-corrected chi connectivity index (χ1v) is 6.93. The summed E-state index contributed by atoms with van der Waals surface area (Å²) in [5.41, 5.74) is 0.734. The molecule has 0 saturated heterocycles. The average molecular weight is 265 g/mol. The van der Waals surface area contributed by atoms with Gasteiger partial charge in [0.25, 0.3) is 0 Å². The van der Waals surface area contributed by atoms with E-state index in [1.165, 1.54) is 25.7 Å². The molecule has 1 heterocycles. The second-order valence-corrected chi connectivity index (χ2v) is 6.31. The van der Waals surface area contributed by atoms with E-state index < -0.39 is 5.97 Å². The van der Waals surface area contributed by atoms with E-state index in [1.807, 2.05) is 0 Å². The van der Waals surface area contributed by atoms with Gasteiger partial charge in [0.1, 0.15) is 17.1 Å². The van der Waals surface area contributed by atoms with Crippen molar-refractivity contribution in [1.29, 1.82) is 0 Å². The van der Waals surface area contributed by atoms with Gasteiger partial charge in [0.2, 0.25) is 0 Å². The molecule has 4 nitrogen and oxygen atoms in total. The number of nitrogens with one attached hydrogen (secondary N) is 1. The minimum absolute atomic E-state index is 0.265. The second kappa shape index (κ2) is 5.37. The van der Waals surface area contributed by atoms with Crippen molar-refractivity contribution in [2.24, 2.45) is 5.41 Å². The molecule has 106 valence electrons. The number of rotatable bonds is 4. The molecule has 2 rings (SSSR count). The van der Waals surface area contributed by atoms with Crippen molar-refractivity contribution in [3.05, 3.63) is 23.2 Å². The number of aryl methyl sites for hydroxylation is 1. The lowest BCUT2D eigenvalue weighted by Gasteiger charge is -2.34. The first-order valence-electron chi connectivity index (χ1n) is 6.93. The topological polar surface area (TPSA) is 62.5 Å². The number of carbonyl (C=O) groups is 1. The summed E-state index contributed by atoms with van der Waals surface area (Å²) in [6.07, 6.45) is 4.83. The second-order valence-electron chi connectivity index (χ2n) is 6.31. The summed E-state index contributed by atoms with van der Waals surface area (Å²) in [5.74, 6) is 0.265. The number of hydrogen-bond donors (Lipinski definition) is 2. The first-order chi connectivity index (χ1) is 8.87. The maximum Gasteiger partial charge on any atom is 0.339 e. The van der Waals surface area contributed by atoms with Gasteiger partial charge >= 0.3 is 5.97 Å². The summed E-state index contributed by atoms with van der Waals surface area (Å²) in [6.45, 7) is 6.94. The van der Waals surface area contributed by atoms with Crippen LogP contribution in [-0.4, -0.2) is 17.1 Å². The quantitative estimate of drug-likeness (QED) is 0.876. The fourth-order valence-corrected chi connectivity index (χ4v) is 2.69. The Labute approximate surface area is 114 Å². The summed E-state index contributed by atoms with van der Waals surface area (Å²) < 4.78 is 5.46. The highest BCUT2D eigenvalue weighted by Crippen LogP contribution is 2.35. The van der Waals surface area contributed by atoms with Crippen molar-refractivity contribution in [2.75, 3.05) is 0 Å². The SMILES string of the molecule is Cc1oc(CNC2CCC(C)(C)CC2)cc1C(=O)O. The normalized spacial score (nSPS) is 19.5. The minimum atomic E-state index is -0.924. The fraction of sp³-hybridized carbons (Fsp3) is 0.667. The smallest absolute Gasteiger partial charge is 0.339 e. The third-order valence-electron chi connectivity index (χ3n) is 4.10. The van der Waals surface area contributed by atoms with Crippen LogP contribution >= 0.6 is 0 Å². The number of furan rings is 1. The van der Waals surface area contributed by atoms with Crippen molar-refractivity contribution in [2.45, 2.75) is 59.0 Å². The van der Waals surface area contributed by atoms with Crippen LogP contribution < -0.4 is 5.32 Å². The number of carboxylic acids is 1. The molecule has 0 unspecified atom stereocenters. The molecule has 0 atom stereocenters. The van der Waals surface area contributed by atoms with Gasteiger partial charge in [0.15, 0.2) is 0 Å². The number of aromatic carboxylic acids is 1. The summed E-state index contributed by atoms with van der Waals surface area (Å²) in [4.78, 5) is 10.9. The van der Waals surface area contributed by atoms with Crippen molar-refractivity contribution in [3.63, 3.8) is 0 Å². The lowest BCUT2D eigenvalue weighted by Crippen LogP contribution is -2.35. The van der Waals surface area contributed by atoms with Crippen LogP contribution in [0.1, 0.15) is 61.4 Å². The van der Waals surface area contributed by atoms with Crippen LogP contribution in [0.4, 0.5) is 0 Å². The highest BCUT2D eigenvalue weighted by Gasteiger charge is 2.26. The van der Waals surface area contributed by atoms with Gasteiger partial charge in [-0.3, -0.25) is 0 Å². The summed E-state index contributed by atoms with van der Waals surface area (Å²) in [5, 5.41) is 12.4. The third kappa shape index (κ3) is 3.60. The Morgan fingerprint density at radius 2 is 2.11 bits per heavy atom. The molecule has 1 saturated carbocycles. The fourth-order valence-electron chi connectivity index (χ4n) is 2.69. The molecule has 0 aromatic carbocycles. The largest absolute Gasteiger partial charge is 0.478 e. The maximum absolute atomic E-state index is 10.9. The van der Waals surface area contributed by atoms with Gasteiger partial charge < -0.3 is 14.8 Å². The zero-order valence-electron chi connectivity index (χ0n) is 12.0. The summed E-state index contributed by atoms with van der Waals surface area (Å²) >= 11 is 0. The lowest BCUT2D eigenvalue weighted by molar-refractivity contribution is 0.0695. The van der Waals surface area contributed by atoms with Crippen LogP contribution in [0.3, 0.4) is 0 Å². The first kappa shape index (κ1) is 14.1. The molecule has 4 heteroatoms. The lowest BCUT2D eigenvalue weighted by atomic mass is 9.75. The zero-order valence-corrected chi connectivity index (χ0v) is 12.0. The summed E-state index contributed by atoms with van der Waals surface area (Å²) in [6, 6.07) is 2.14. The van der Waals surface area contributed by atoms with E-state index >= 15 is 0 Å². The van der Waals surface area contributed by atoms with Gasteiger partial charge in [-0.25, -0.2) is 4.79 Å². The molecule has 19 heavy (non-hydrogen) atoms. The number of carboxylic acid groups (broad SMARTS) is 1. The van der Waals surface area contributed by atoms with E-state index in [4.69, 9.17) is 9.52 Å². The Hall–Kier alpha value is -1.29. The maximum atomic E-state index is 10.9. The Bertz CT molecular complexity index is 452. The van der Waals surface area contributed by atoms with Gasteiger partial charge in [0, 0.05) is 6.04 Å². The van der Waals surface area contributed by atoms with Crippen LogP contribution in [0.15, 0.2) is 10.5 Å². The van der Waals surface area contributed by atoms with Crippen molar-refractivity contribution in [3.8, 4) is 0 Å². The average Bonchev–Trinajstić information content (AvgIpc) is 2.69. The highest BCUT2D eigenvalue weighted by atomic mass is 16.4. The highest BCUT2D eigenvalue weighted by molar-refractivity contribution is 5.88. The van der Waals surface area contributed by atoms with Crippen molar-refractivity contribution >= 4 is 5.97 Å². The predicted molar refractivity (Wildman–Crippen MR) is 73.3 cm³/mol. The molecule has 0 aliphatic heterocycles. The van der Waals surface area contributed by atoms with E-state index in [0.717, 1.165) is 0 Å². The monoisotopic (exact) mass is 265 g/mol. The molecule has 0 bridgehead atoms. The molecule has 1 aliphatic carbocycles. The molecule has 2 N–H and O–H groups in total. The molecular weight excluding hydrogens is 242 g/mol. The van der Waals surface area contributed by atoms with E-state index in [2.05, 4.69) is 19.2 Å². The molecule has 1 aromatic rings. The van der Waals surface area contributed by atoms with Crippen LogP contribution in [-0.2, 0) is 6.54 Å². The molecule has 1 aliphatic rings. The van der Waals surface area contributed by atoms with Crippen molar-refractivity contribution in [1.82, 2.24) is 5.32 Å². The molecule has 0 radical (unpaired) electrons. The van der Waals surface area contributed by atoms with Gasteiger partial charge in [-0.1, -0.05) is 13.8 Å². The van der Waals surface area contributed by atoms with Gasteiger partial charge in [0.05, 0.1) is 6.54 Å². The number of hydrogen-bond acceptors (Lipinski definition) is 3. The molecule has 1 fully saturated rings. The van der Waals surface area contributed by atoms with Gasteiger partial charge in [-0.15, -0.1) is 0 Å². The van der Waals surface area contributed by atoms with Crippen LogP contribution in [0.5, 0.6) is 0 Å². The predicted octanol–water partition coefficient (Wildman–Crippen LogP) is 3.34. The standard InChI is InChI=1S/C15H23NO3/c1-10-13(14(17)18)8-12(19-10)9-16-11-4-6-15(2,3)7-5-11/h8,11,16H,4-7,9H2,1-3H3,(H,17,18). The van der Waals surface area contributed by atoms with Crippen LogP contribution in [0.2, 0.25) is 0 Å². The molecule has 0 amide bonds. The van der Waals surface area contributed by atoms with Gasteiger partial charge in [-0.05, 0) is 44.1 Å². The van der Waals surface area contributed by atoms with E-state index in [9.17, 15) is 4.79 Å². The molecule has 1 aromatic heterocycles. The zero-order chi connectivity index (χ0) is 14.0. The van der Waals surface area contributed by atoms with Crippen LogP contribution in [0, 0.1) is 12.3 Å². The van der Waals surface area contributed by atoms with E-state index in [1.54, 1.807) is 13.0 Å². The summed E-state index contributed by atoms with van der Waals surface area (Å²) in [7, 11) is 0. The van der Waals surface area contributed by atoms with Crippen LogP contribution in [0.25, 0.3) is 0 Å². The van der Waals surface area contributed by atoms with Crippen molar-refractivity contribution < 1.29 is 14.3 Å². The Morgan fingerprint density at radius 1 is 1.47 bits per heavy atom. The third-order valence-corrected chi connectivity index (χ3v) is 4.10. The Morgan fingerprint density at radius 3 is 2.63 bits per heavy atom.